The quantitative estimate of drug-likeness (QED) is 0.793. The molecule has 5 nitrogen and oxygen atoms in total. The molecule has 0 fully saturated rings. The summed E-state index contributed by atoms with van der Waals surface area (Å²) in [7, 11) is 0. The van der Waals surface area contributed by atoms with Gasteiger partial charge in [0.2, 0.25) is 0 Å². The first-order valence-electron chi connectivity index (χ1n) is 4.37. The Kier molecular flexibility index (Phi) is 2.85. The van der Waals surface area contributed by atoms with Crippen LogP contribution in [0.1, 0.15) is 10.7 Å². The van der Waals surface area contributed by atoms with Gasteiger partial charge in [-0.25, -0.2) is 4.68 Å². The van der Waals surface area contributed by atoms with Crippen LogP contribution >= 0.6 is 11.3 Å². The van der Waals surface area contributed by atoms with Gasteiger partial charge in [0, 0.05) is 17.8 Å². The van der Waals surface area contributed by atoms with E-state index in [4.69, 9.17) is 5.73 Å². The number of hydrogen-bond acceptors (Lipinski definition) is 5. The molecule has 14 heavy (non-hydrogen) atoms. The monoisotopic (exact) mass is 209 g/mol. The fourth-order valence-corrected chi connectivity index (χ4v) is 1.91. The number of tetrazole rings is 1. The van der Waals surface area contributed by atoms with E-state index in [1.165, 1.54) is 4.88 Å². The molecule has 0 aromatic carbocycles. The van der Waals surface area contributed by atoms with Crippen molar-refractivity contribution in [1.29, 1.82) is 0 Å². The lowest BCUT2D eigenvalue weighted by Crippen LogP contribution is -2.11. The van der Waals surface area contributed by atoms with Gasteiger partial charge in [-0.2, -0.15) is 0 Å². The second kappa shape index (κ2) is 4.30. The summed E-state index contributed by atoms with van der Waals surface area (Å²) < 4.78 is 1.75. The number of aromatic nitrogens is 4. The Morgan fingerprint density at radius 1 is 1.50 bits per heavy atom. The van der Waals surface area contributed by atoms with Gasteiger partial charge in [0.05, 0.1) is 6.54 Å². The van der Waals surface area contributed by atoms with Crippen molar-refractivity contribution < 1.29 is 0 Å². The SMILES string of the molecule is NCc1nnnn1CCc1cccs1. The van der Waals surface area contributed by atoms with E-state index in [0.717, 1.165) is 18.8 Å². The molecule has 0 aliphatic carbocycles. The highest BCUT2D eigenvalue weighted by Crippen LogP contribution is 2.09. The molecule has 0 bridgehead atoms. The normalized spacial score (nSPS) is 10.6. The van der Waals surface area contributed by atoms with E-state index in [0.29, 0.717) is 6.54 Å². The summed E-state index contributed by atoms with van der Waals surface area (Å²) in [6.45, 7) is 1.18. The Balaban J connectivity index is 1.98. The molecule has 2 rings (SSSR count). The molecule has 2 heterocycles. The van der Waals surface area contributed by atoms with Crippen LogP contribution in [0.2, 0.25) is 0 Å². The van der Waals surface area contributed by atoms with Crippen LogP contribution in [0.5, 0.6) is 0 Å². The van der Waals surface area contributed by atoms with Crippen molar-refractivity contribution in [3.8, 4) is 0 Å². The Hall–Kier alpha value is -1.27. The van der Waals surface area contributed by atoms with Crippen molar-refractivity contribution in [2.24, 2.45) is 5.73 Å². The molecule has 0 saturated heterocycles. The third kappa shape index (κ3) is 1.97. The number of hydrogen-bond donors (Lipinski definition) is 1. The van der Waals surface area contributed by atoms with E-state index < -0.39 is 0 Å². The molecule has 0 atom stereocenters. The molecule has 74 valence electrons. The minimum atomic E-state index is 0.386. The van der Waals surface area contributed by atoms with Crippen LogP contribution < -0.4 is 5.73 Å². The molecule has 0 radical (unpaired) electrons. The van der Waals surface area contributed by atoms with Gasteiger partial charge in [0.15, 0.2) is 5.82 Å². The van der Waals surface area contributed by atoms with Gasteiger partial charge < -0.3 is 5.73 Å². The first-order valence-corrected chi connectivity index (χ1v) is 5.25. The fraction of sp³-hybridized carbons (Fsp3) is 0.375. The van der Waals surface area contributed by atoms with Crippen molar-refractivity contribution in [1.82, 2.24) is 20.2 Å². The Labute approximate surface area is 85.5 Å². The molecule has 0 unspecified atom stereocenters. The number of aryl methyl sites for hydroxylation is 2. The first kappa shape index (κ1) is 9.29. The molecule has 6 heteroatoms. The van der Waals surface area contributed by atoms with Gasteiger partial charge in [-0.3, -0.25) is 0 Å². The molecule has 2 N–H and O–H groups in total. The van der Waals surface area contributed by atoms with E-state index in [1.54, 1.807) is 16.0 Å². The Morgan fingerprint density at radius 2 is 2.43 bits per heavy atom. The molecular formula is C8H11N5S. The highest BCUT2D eigenvalue weighted by molar-refractivity contribution is 7.09. The van der Waals surface area contributed by atoms with Crippen LogP contribution in [-0.4, -0.2) is 20.2 Å². The zero-order valence-corrected chi connectivity index (χ0v) is 8.44. The summed E-state index contributed by atoms with van der Waals surface area (Å²) >= 11 is 1.75. The maximum atomic E-state index is 5.48. The molecule has 2 aromatic heterocycles. The van der Waals surface area contributed by atoms with Crippen LogP contribution in [0.15, 0.2) is 17.5 Å². The lowest BCUT2D eigenvalue weighted by molar-refractivity contribution is 0.567. The zero-order valence-electron chi connectivity index (χ0n) is 7.63. The fourth-order valence-electron chi connectivity index (χ4n) is 1.21. The van der Waals surface area contributed by atoms with Crippen LogP contribution in [0.3, 0.4) is 0 Å². The van der Waals surface area contributed by atoms with Crippen molar-refractivity contribution in [2.75, 3.05) is 0 Å². The van der Waals surface area contributed by atoms with E-state index in [-0.39, 0.29) is 0 Å². The summed E-state index contributed by atoms with van der Waals surface area (Å²) in [5.41, 5.74) is 5.48. The van der Waals surface area contributed by atoms with E-state index >= 15 is 0 Å². The second-order valence-electron chi connectivity index (χ2n) is 2.85. The molecule has 0 aliphatic heterocycles. The number of nitrogens with two attached hydrogens (primary N) is 1. The summed E-state index contributed by atoms with van der Waals surface area (Å²) in [6.07, 6.45) is 0.954. The summed E-state index contributed by atoms with van der Waals surface area (Å²) in [4.78, 5) is 1.34. The molecule has 2 aromatic rings. The Bertz CT molecular complexity index is 380. The van der Waals surface area contributed by atoms with Gasteiger partial charge >= 0.3 is 0 Å². The number of rotatable bonds is 4. The Morgan fingerprint density at radius 3 is 3.14 bits per heavy atom. The highest BCUT2D eigenvalue weighted by atomic mass is 32.1. The van der Waals surface area contributed by atoms with Crippen molar-refractivity contribution in [2.45, 2.75) is 19.5 Å². The van der Waals surface area contributed by atoms with Crippen molar-refractivity contribution in [3.63, 3.8) is 0 Å². The molecule has 0 aliphatic rings. The van der Waals surface area contributed by atoms with E-state index in [9.17, 15) is 0 Å². The zero-order chi connectivity index (χ0) is 9.80. The minimum absolute atomic E-state index is 0.386. The molecule has 0 amide bonds. The number of thiophene rings is 1. The predicted octanol–water partition coefficient (Wildman–Crippen LogP) is 0.436. The van der Waals surface area contributed by atoms with Gasteiger partial charge in [0.1, 0.15) is 0 Å². The third-order valence-electron chi connectivity index (χ3n) is 1.94. The lowest BCUT2D eigenvalue weighted by atomic mass is 10.3. The molecule has 0 spiro atoms. The van der Waals surface area contributed by atoms with E-state index in [2.05, 4.69) is 27.0 Å². The van der Waals surface area contributed by atoms with Crippen LogP contribution in [0, 0.1) is 0 Å². The van der Waals surface area contributed by atoms with Crippen molar-refractivity contribution in [3.05, 3.63) is 28.2 Å². The average Bonchev–Trinajstić information content (AvgIpc) is 2.85. The maximum absolute atomic E-state index is 5.48. The van der Waals surface area contributed by atoms with E-state index in [1.807, 2.05) is 6.07 Å². The predicted molar refractivity (Wildman–Crippen MR) is 53.7 cm³/mol. The summed E-state index contributed by atoms with van der Waals surface area (Å²) in [6, 6.07) is 4.15. The van der Waals surface area contributed by atoms with Crippen molar-refractivity contribution >= 4 is 11.3 Å². The minimum Gasteiger partial charge on any atom is -0.324 e. The van der Waals surface area contributed by atoms with Crippen LogP contribution in [0.4, 0.5) is 0 Å². The maximum Gasteiger partial charge on any atom is 0.164 e. The smallest absolute Gasteiger partial charge is 0.164 e. The molecule has 0 saturated carbocycles. The van der Waals surface area contributed by atoms with Gasteiger partial charge in [0.25, 0.3) is 0 Å². The second-order valence-corrected chi connectivity index (χ2v) is 3.88. The number of nitrogens with zero attached hydrogens (tertiary/aromatic N) is 4. The lowest BCUT2D eigenvalue weighted by Gasteiger charge is -2.00. The summed E-state index contributed by atoms with van der Waals surface area (Å²) in [5, 5.41) is 13.3. The third-order valence-corrected chi connectivity index (χ3v) is 2.87. The van der Waals surface area contributed by atoms with Crippen LogP contribution in [-0.2, 0) is 19.5 Å². The molecular weight excluding hydrogens is 198 g/mol. The van der Waals surface area contributed by atoms with Crippen LogP contribution in [0.25, 0.3) is 0 Å². The topological polar surface area (TPSA) is 69.6 Å². The largest absolute Gasteiger partial charge is 0.324 e. The standard InChI is InChI=1S/C8H11N5S/c9-6-8-10-11-12-13(8)4-3-7-2-1-5-14-7/h1-2,5H,3-4,6,9H2. The van der Waals surface area contributed by atoms with Gasteiger partial charge in [-0.1, -0.05) is 6.07 Å². The first-order chi connectivity index (χ1) is 6.90. The van der Waals surface area contributed by atoms with Gasteiger partial charge in [-0.15, -0.1) is 16.4 Å². The average molecular weight is 209 g/mol. The van der Waals surface area contributed by atoms with Gasteiger partial charge in [-0.05, 0) is 21.9 Å². The highest BCUT2D eigenvalue weighted by Gasteiger charge is 2.03. The summed E-state index contributed by atoms with van der Waals surface area (Å²) in [5.74, 6) is 0.738.